The average molecular weight is 546 g/mol. The van der Waals surface area contributed by atoms with Crippen LogP contribution >= 0.6 is 0 Å². The van der Waals surface area contributed by atoms with Gasteiger partial charge in [-0.1, -0.05) is 103 Å². The zero-order chi connectivity index (χ0) is 28.3. The quantitative estimate of drug-likeness (QED) is 0.167. The fourth-order valence-electron chi connectivity index (χ4n) is 5.59. The van der Waals surface area contributed by atoms with Crippen molar-refractivity contribution in [3.63, 3.8) is 0 Å². The number of rotatable bonds is 13. The monoisotopic (exact) mass is 545 g/mol. The first-order valence-corrected chi connectivity index (χ1v) is 14.3. The van der Waals surface area contributed by atoms with Gasteiger partial charge in [0.1, 0.15) is 0 Å². The molecule has 41 heavy (non-hydrogen) atoms. The van der Waals surface area contributed by atoms with E-state index in [2.05, 4.69) is 130 Å². The molecule has 0 amide bonds. The molecule has 1 aromatic heterocycles. The smallest absolute Gasteiger partial charge is 0.232 e. The van der Waals surface area contributed by atoms with Crippen molar-refractivity contribution < 1.29 is 0 Å². The highest BCUT2D eigenvalue weighted by Crippen LogP contribution is 2.42. The van der Waals surface area contributed by atoms with Crippen LogP contribution in [0.1, 0.15) is 23.1 Å². The number of anilines is 3. The molecule has 7 heteroatoms. The van der Waals surface area contributed by atoms with Gasteiger partial charge < -0.3 is 15.5 Å². The third-order valence-corrected chi connectivity index (χ3v) is 7.69. The first kappa shape index (κ1) is 28.1. The molecule has 210 valence electrons. The van der Waals surface area contributed by atoms with Gasteiger partial charge in [-0.15, -0.1) is 13.2 Å². The largest absolute Gasteiger partial charge is 0.351 e. The molecule has 0 aliphatic carbocycles. The second-order valence-corrected chi connectivity index (χ2v) is 10.2. The molecule has 5 rings (SSSR count). The third kappa shape index (κ3) is 6.64. The van der Waals surface area contributed by atoms with Gasteiger partial charge in [0.2, 0.25) is 17.8 Å². The molecular formula is C34H39N7. The summed E-state index contributed by atoms with van der Waals surface area (Å²) in [6.45, 7) is 13.3. The Morgan fingerprint density at radius 3 is 1.49 bits per heavy atom. The molecular weight excluding hydrogens is 506 g/mol. The number of aromatic nitrogens is 3. The maximum atomic E-state index is 4.69. The van der Waals surface area contributed by atoms with Crippen molar-refractivity contribution in [2.45, 2.75) is 11.8 Å². The summed E-state index contributed by atoms with van der Waals surface area (Å²) in [6, 6.07) is 32.8. The van der Waals surface area contributed by atoms with Gasteiger partial charge in [0.15, 0.2) is 0 Å². The maximum absolute atomic E-state index is 4.69. The Labute approximate surface area is 243 Å². The maximum Gasteiger partial charge on any atom is 0.232 e. The van der Waals surface area contributed by atoms with Gasteiger partial charge in [-0.25, -0.2) is 0 Å². The molecule has 0 spiro atoms. The molecule has 1 fully saturated rings. The lowest BCUT2D eigenvalue weighted by molar-refractivity contribution is 0.241. The lowest BCUT2D eigenvalue weighted by Crippen LogP contribution is -2.48. The van der Waals surface area contributed by atoms with Crippen molar-refractivity contribution in [3.8, 4) is 0 Å². The minimum atomic E-state index is -0.243. The van der Waals surface area contributed by atoms with E-state index in [1.54, 1.807) is 12.2 Å². The van der Waals surface area contributed by atoms with E-state index in [9.17, 15) is 0 Å². The van der Waals surface area contributed by atoms with Gasteiger partial charge in [0.05, 0.1) is 0 Å². The summed E-state index contributed by atoms with van der Waals surface area (Å²) in [5.74, 6) is 1.77. The van der Waals surface area contributed by atoms with E-state index < -0.39 is 0 Å². The van der Waals surface area contributed by atoms with Gasteiger partial charge in [0, 0.05) is 44.7 Å². The van der Waals surface area contributed by atoms with Crippen LogP contribution in [0.4, 0.5) is 17.8 Å². The molecule has 0 unspecified atom stereocenters. The van der Waals surface area contributed by atoms with Crippen LogP contribution in [0.5, 0.6) is 0 Å². The van der Waals surface area contributed by atoms with Crippen molar-refractivity contribution in [1.82, 2.24) is 19.9 Å². The van der Waals surface area contributed by atoms with Crippen molar-refractivity contribution >= 4 is 17.8 Å². The summed E-state index contributed by atoms with van der Waals surface area (Å²) in [5.41, 5.74) is 3.72. The number of piperazine rings is 1. The highest BCUT2D eigenvalue weighted by molar-refractivity contribution is 5.50. The minimum Gasteiger partial charge on any atom is -0.351 e. The summed E-state index contributed by atoms with van der Waals surface area (Å²) in [7, 11) is 0. The van der Waals surface area contributed by atoms with Crippen molar-refractivity contribution in [1.29, 1.82) is 0 Å². The highest BCUT2D eigenvalue weighted by Gasteiger charge is 2.36. The van der Waals surface area contributed by atoms with E-state index in [-0.39, 0.29) is 5.41 Å². The van der Waals surface area contributed by atoms with Crippen LogP contribution in [0, 0.1) is 0 Å². The molecule has 2 N–H and O–H groups in total. The summed E-state index contributed by atoms with van der Waals surface area (Å²) in [6.07, 6.45) is 4.56. The first-order chi connectivity index (χ1) is 20.2. The molecule has 1 aliphatic heterocycles. The van der Waals surface area contributed by atoms with Crippen LogP contribution in [0.2, 0.25) is 0 Å². The Balaban J connectivity index is 1.35. The molecule has 4 aromatic rings. The van der Waals surface area contributed by atoms with Gasteiger partial charge in [0.25, 0.3) is 0 Å². The minimum absolute atomic E-state index is 0.243. The van der Waals surface area contributed by atoms with Gasteiger partial charge in [-0.05, 0) is 29.7 Å². The van der Waals surface area contributed by atoms with E-state index in [1.165, 1.54) is 16.7 Å². The van der Waals surface area contributed by atoms with E-state index in [4.69, 9.17) is 9.97 Å². The summed E-state index contributed by atoms with van der Waals surface area (Å²) < 4.78 is 0. The molecule has 0 bridgehead atoms. The molecule has 0 atom stereocenters. The molecule has 0 saturated carbocycles. The van der Waals surface area contributed by atoms with Crippen molar-refractivity contribution in [2.24, 2.45) is 0 Å². The SMILES string of the molecule is C=CCNc1nc(NCC=C)nc(N2CCN(CCC(c3ccccc3)(c3ccccc3)c3ccccc3)CC2)n1. The standard InChI is InChI=1S/C34H39N7/c1-3-21-35-31-37-32(36-22-4-2)39-33(38-31)41-26-24-40(25-27-41)23-20-34(28-14-8-5-9-15-28,29-16-10-6-11-17-29)30-18-12-7-13-19-30/h3-19H,1-2,20-27H2,(H2,35,36,37,38,39). The van der Waals surface area contributed by atoms with Crippen LogP contribution in [0.25, 0.3) is 0 Å². The van der Waals surface area contributed by atoms with E-state index in [0.29, 0.717) is 30.9 Å². The Morgan fingerprint density at radius 1 is 0.634 bits per heavy atom. The Morgan fingerprint density at radius 2 is 1.07 bits per heavy atom. The van der Waals surface area contributed by atoms with E-state index in [0.717, 1.165) is 39.1 Å². The van der Waals surface area contributed by atoms with Crippen molar-refractivity contribution in [3.05, 3.63) is 133 Å². The lowest BCUT2D eigenvalue weighted by Gasteiger charge is -2.40. The normalized spacial score (nSPS) is 13.9. The van der Waals surface area contributed by atoms with E-state index in [1.807, 2.05) is 0 Å². The fraction of sp³-hybridized carbons (Fsp3) is 0.265. The fourth-order valence-corrected chi connectivity index (χ4v) is 5.59. The van der Waals surface area contributed by atoms with Gasteiger partial charge in [-0.3, -0.25) is 4.90 Å². The topological polar surface area (TPSA) is 69.2 Å². The number of benzene rings is 3. The predicted octanol–water partition coefficient (Wildman–Crippen LogP) is 5.61. The van der Waals surface area contributed by atoms with Crippen LogP contribution in [0.3, 0.4) is 0 Å². The Bertz CT molecular complexity index is 1260. The summed E-state index contributed by atoms with van der Waals surface area (Å²) >= 11 is 0. The Kier molecular flexibility index (Phi) is 9.39. The molecule has 2 heterocycles. The van der Waals surface area contributed by atoms with Gasteiger partial charge >= 0.3 is 0 Å². The lowest BCUT2D eigenvalue weighted by atomic mass is 9.67. The second kappa shape index (κ2) is 13.7. The van der Waals surface area contributed by atoms with Crippen LogP contribution in [0.15, 0.2) is 116 Å². The molecule has 0 radical (unpaired) electrons. The number of nitrogens with zero attached hydrogens (tertiary/aromatic N) is 5. The second-order valence-electron chi connectivity index (χ2n) is 10.2. The van der Waals surface area contributed by atoms with Gasteiger partial charge in [-0.2, -0.15) is 15.0 Å². The first-order valence-electron chi connectivity index (χ1n) is 14.3. The number of nitrogens with one attached hydrogen (secondary N) is 2. The average Bonchev–Trinajstić information content (AvgIpc) is 3.05. The summed E-state index contributed by atoms with van der Waals surface area (Å²) in [4.78, 5) is 18.7. The van der Waals surface area contributed by atoms with Crippen LogP contribution in [-0.2, 0) is 5.41 Å². The number of hydrogen-bond acceptors (Lipinski definition) is 7. The predicted molar refractivity (Wildman–Crippen MR) is 170 cm³/mol. The summed E-state index contributed by atoms with van der Waals surface area (Å²) in [5, 5.41) is 6.40. The number of hydrogen-bond donors (Lipinski definition) is 2. The van der Waals surface area contributed by atoms with Crippen LogP contribution < -0.4 is 15.5 Å². The van der Waals surface area contributed by atoms with E-state index >= 15 is 0 Å². The zero-order valence-electron chi connectivity index (χ0n) is 23.6. The highest BCUT2D eigenvalue weighted by atomic mass is 15.4. The van der Waals surface area contributed by atoms with Crippen LogP contribution in [-0.4, -0.2) is 65.7 Å². The third-order valence-electron chi connectivity index (χ3n) is 7.69. The molecule has 7 nitrogen and oxygen atoms in total. The Hall–Kier alpha value is -4.49. The van der Waals surface area contributed by atoms with Crippen molar-refractivity contribution in [2.75, 3.05) is 61.3 Å². The molecule has 1 saturated heterocycles. The molecule has 1 aliphatic rings. The molecule has 3 aromatic carbocycles. The zero-order valence-corrected chi connectivity index (χ0v) is 23.6.